The second kappa shape index (κ2) is 10.9. The van der Waals surface area contributed by atoms with E-state index in [1.54, 1.807) is 18.2 Å². The molecule has 8 heteroatoms. The molecule has 0 atom stereocenters. The molecule has 0 aliphatic carbocycles. The highest BCUT2D eigenvalue weighted by Crippen LogP contribution is 2.23. The first-order valence-corrected chi connectivity index (χ1v) is 13.1. The Labute approximate surface area is 196 Å². The number of unbranched alkanes of at least 4 members (excludes halogenated alkanes) is 1. The molecule has 3 rings (SSSR count). The number of aromatic nitrogens is 2. The van der Waals surface area contributed by atoms with E-state index >= 15 is 0 Å². The number of nitrogens with one attached hydrogen (secondary N) is 1. The van der Waals surface area contributed by atoms with E-state index in [1.807, 2.05) is 37.6 Å². The number of rotatable bonds is 11. The summed E-state index contributed by atoms with van der Waals surface area (Å²) in [5.41, 5.74) is 3.52. The molecule has 1 aromatic heterocycles. The van der Waals surface area contributed by atoms with Crippen LogP contribution < -0.4 is 5.32 Å². The van der Waals surface area contributed by atoms with Crippen LogP contribution in [-0.2, 0) is 34.7 Å². The summed E-state index contributed by atoms with van der Waals surface area (Å²) in [6.45, 7) is 6.66. The van der Waals surface area contributed by atoms with E-state index in [0.717, 1.165) is 36.3 Å². The van der Waals surface area contributed by atoms with Crippen LogP contribution in [0, 0.1) is 0 Å². The van der Waals surface area contributed by atoms with Crippen molar-refractivity contribution >= 4 is 32.7 Å². The van der Waals surface area contributed by atoms with Gasteiger partial charge in [-0.25, -0.2) is 13.4 Å². The molecule has 0 fully saturated rings. The summed E-state index contributed by atoms with van der Waals surface area (Å²) in [6, 6.07) is 13.0. The Morgan fingerprint density at radius 3 is 2.36 bits per heavy atom. The fourth-order valence-corrected chi connectivity index (χ4v) is 5.39. The summed E-state index contributed by atoms with van der Waals surface area (Å²) in [7, 11) is -1.66. The number of benzene rings is 2. The number of aryl methyl sites for hydroxylation is 3. The number of sulfonamides is 1. The summed E-state index contributed by atoms with van der Waals surface area (Å²) in [5, 5.41) is 2.94. The number of anilines is 1. The van der Waals surface area contributed by atoms with Gasteiger partial charge in [-0.3, -0.25) is 4.79 Å². The van der Waals surface area contributed by atoms with Crippen molar-refractivity contribution < 1.29 is 13.2 Å². The maximum absolute atomic E-state index is 12.8. The minimum atomic E-state index is -3.55. The number of hydrogen-bond donors (Lipinski definition) is 1. The third-order valence-corrected chi connectivity index (χ3v) is 7.97. The fraction of sp³-hybridized carbons (Fsp3) is 0.440. The van der Waals surface area contributed by atoms with Crippen molar-refractivity contribution in [3.8, 4) is 0 Å². The van der Waals surface area contributed by atoms with Crippen molar-refractivity contribution in [2.45, 2.75) is 57.8 Å². The van der Waals surface area contributed by atoms with Gasteiger partial charge in [0.15, 0.2) is 0 Å². The number of fused-ring (bicyclic) bond motifs is 1. The first-order valence-electron chi connectivity index (χ1n) is 11.6. The van der Waals surface area contributed by atoms with Crippen LogP contribution in [-0.4, -0.2) is 41.3 Å². The average molecular weight is 471 g/mol. The molecule has 0 radical (unpaired) electrons. The standard InChI is InChI=1S/C25H34N4O3S/c1-5-8-9-19-10-12-20(13-11-19)26-25(30)17-16-24-27-22-18-21(14-15-23(22)28(24)4)33(31,32)29(6-2)7-3/h10-15,18H,5-9,16-17H2,1-4H3,(H,26,30). The molecular weight excluding hydrogens is 436 g/mol. The highest BCUT2D eigenvalue weighted by molar-refractivity contribution is 7.89. The van der Waals surface area contributed by atoms with E-state index in [-0.39, 0.29) is 10.8 Å². The maximum Gasteiger partial charge on any atom is 0.243 e. The molecule has 0 saturated carbocycles. The highest BCUT2D eigenvalue weighted by atomic mass is 32.2. The molecule has 0 aliphatic rings. The number of imidazole rings is 1. The summed E-state index contributed by atoms with van der Waals surface area (Å²) >= 11 is 0. The van der Waals surface area contributed by atoms with Crippen LogP contribution >= 0.6 is 0 Å². The Bertz CT molecular complexity index is 1200. The zero-order chi connectivity index (χ0) is 24.0. The minimum absolute atomic E-state index is 0.0758. The van der Waals surface area contributed by atoms with Gasteiger partial charge in [-0.1, -0.05) is 39.3 Å². The molecule has 0 saturated heterocycles. The van der Waals surface area contributed by atoms with Gasteiger partial charge in [-0.15, -0.1) is 0 Å². The number of amides is 1. The van der Waals surface area contributed by atoms with Gasteiger partial charge in [-0.05, 0) is 48.7 Å². The molecule has 0 bridgehead atoms. The lowest BCUT2D eigenvalue weighted by Gasteiger charge is -2.18. The Morgan fingerprint density at radius 2 is 1.73 bits per heavy atom. The van der Waals surface area contributed by atoms with Crippen LogP contribution in [0.5, 0.6) is 0 Å². The Balaban J connectivity index is 1.68. The van der Waals surface area contributed by atoms with Crippen LogP contribution in [0.25, 0.3) is 11.0 Å². The lowest BCUT2D eigenvalue weighted by atomic mass is 10.1. The monoisotopic (exact) mass is 470 g/mol. The topological polar surface area (TPSA) is 84.3 Å². The third-order valence-electron chi connectivity index (χ3n) is 5.92. The molecule has 33 heavy (non-hydrogen) atoms. The van der Waals surface area contributed by atoms with Gasteiger partial charge in [0.2, 0.25) is 15.9 Å². The second-order valence-corrected chi connectivity index (χ2v) is 10.1. The maximum atomic E-state index is 12.8. The van der Waals surface area contributed by atoms with E-state index in [2.05, 4.69) is 29.4 Å². The SMILES string of the molecule is CCCCc1ccc(NC(=O)CCc2nc3cc(S(=O)(=O)N(CC)CC)ccc3n2C)cc1. The summed E-state index contributed by atoms with van der Waals surface area (Å²) in [4.78, 5) is 17.3. The lowest BCUT2D eigenvalue weighted by Crippen LogP contribution is -2.30. The zero-order valence-electron chi connectivity index (χ0n) is 20.0. The first kappa shape index (κ1) is 24.9. The Kier molecular flexibility index (Phi) is 8.26. The summed E-state index contributed by atoms with van der Waals surface area (Å²) in [6.07, 6.45) is 4.12. The zero-order valence-corrected chi connectivity index (χ0v) is 20.8. The van der Waals surface area contributed by atoms with Crippen molar-refractivity contribution in [2.75, 3.05) is 18.4 Å². The van der Waals surface area contributed by atoms with E-state index < -0.39 is 10.0 Å². The fourth-order valence-electron chi connectivity index (χ4n) is 3.91. The Hall–Kier alpha value is -2.71. The van der Waals surface area contributed by atoms with E-state index in [9.17, 15) is 13.2 Å². The molecule has 7 nitrogen and oxygen atoms in total. The predicted octanol–water partition coefficient (Wildman–Crippen LogP) is 4.52. The van der Waals surface area contributed by atoms with Gasteiger partial charge < -0.3 is 9.88 Å². The molecule has 2 aromatic carbocycles. The van der Waals surface area contributed by atoms with Crippen molar-refractivity contribution in [2.24, 2.45) is 7.05 Å². The first-order chi connectivity index (χ1) is 15.8. The largest absolute Gasteiger partial charge is 0.331 e. The molecule has 178 valence electrons. The molecule has 0 spiro atoms. The van der Waals surface area contributed by atoms with Gasteiger partial charge in [0, 0.05) is 38.7 Å². The predicted molar refractivity (Wildman–Crippen MR) is 133 cm³/mol. The van der Waals surface area contributed by atoms with Gasteiger partial charge in [0.1, 0.15) is 5.82 Å². The molecule has 1 N–H and O–H groups in total. The van der Waals surface area contributed by atoms with Crippen LogP contribution in [0.4, 0.5) is 5.69 Å². The third kappa shape index (κ3) is 5.81. The van der Waals surface area contributed by atoms with Crippen molar-refractivity contribution in [3.63, 3.8) is 0 Å². The molecule has 0 unspecified atom stereocenters. The molecule has 1 heterocycles. The normalized spacial score (nSPS) is 11.9. The molecular formula is C25H34N4O3S. The van der Waals surface area contributed by atoms with Gasteiger partial charge in [0.05, 0.1) is 15.9 Å². The quantitative estimate of drug-likeness (QED) is 0.447. The van der Waals surface area contributed by atoms with Gasteiger partial charge in [-0.2, -0.15) is 4.31 Å². The van der Waals surface area contributed by atoms with Crippen molar-refractivity contribution in [1.29, 1.82) is 0 Å². The van der Waals surface area contributed by atoms with E-state index in [0.29, 0.717) is 31.4 Å². The van der Waals surface area contributed by atoms with Crippen LogP contribution in [0.15, 0.2) is 47.4 Å². The van der Waals surface area contributed by atoms with E-state index in [1.165, 1.54) is 9.87 Å². The number of carbonyl (C=O) groups excluding carboxylic acids is 1. The minimum Gasteiger partial charge on any atom is -0.331 e. The average Bonchev–Trinajstić information content (AvgIpc) is 3.12. The number of carbonyl (C=O) groups is 1. The molecule has 3 aromatic rings. The van der Waals surface area contributed by atoms with E-state index in [4.69, 9.17) is 0 Å². The van der Waals surface area contributed by atoms with Crippen LogP contribution in [0.2, 0.25) is 0 Å². The number of hydrogen-bond acceptors (Lipinski definition) is 4. The molecule has 0 aliphatic heterocycles. The van der Waals surface area contributed by atoms with Gasteiger partial charge >= 0.3 is 0 Å². The number of nitrogens with zero attached hydrogens (tertiary/aromatic N) is 3. The van der Waals surface area contributed by atoms with Crippen molar-refractivity contribution in [1.82, 2.24) is 13.9 Å². The smallest absolute Gasteiger partial charge is 0.243 e. The lowest BCUT2D eigenvalue weighted by molar-refractivity contribution is -0.116. The van der Waals surface area contributed by atoms with Gasteiger partial charge in [0.25, 0.3) is 0 Å². The van der Waals surface area contributed by atoms with Crippen molar-refractivity contribution in [3.05, 3.63) is 53.9 Å². The summed E-state index contributed by atoms with van der Waals surface area (Å²) < 4.78 is 29.0. The van der Waals surface area contributed by atoms with Crippen LogP contribution in [0.1, 0.15) is 51.4 Å². The molecule has 1 amide bonds. The summed E-state index contributed by atoms with van der Waals surface area (Å²) in [5.74, 6) is 0.667. The second-order valence-electron chi connectivity index (χ2n) is 8.18. The Morgan fingerprint density at radius 1 is 1.03 bits per heavy atom. The highest BCUT2D eigenvalue weighted by Gasteiger charge is 2.22. The van der Waals surface area contributed by atoms with Crippen LogP contribution in [0.3, 0.4) is 0 Å².